The molecule has 0 aliphatic carbocycles. The van der Waals surface area contributed by atoms with E-state index >= 15 is 0 Å². The van der Waals surface area contributed by atoms with Gasteiger partial charge >= 0.3 is 0 Å². The van der Waals surface area contributed by atoms with E-state index in [0.717, 1.165) is 17.8 Å². The number of nitrogens with one attached hydrogen (secondary N) is 1. The fourth-order valence-electron chi connectivity index (χ4n) is 2.80. The van der Waals surface area contributed by atoms with Gasteiger partial charge in [-0.25, -0.2) is 4.98 Å². The molecule has 0 aliphatic rings. The van der Waals surface area contributed by atoms with Crippen molar-refractivity contribution < 1.29 is 0 Å². The van der Waals surface area contributed by atoms with E-state index in [9.17, 15) is 0 Å². The Morgan fingerprint density at radius 3 is 2.76 bits per heavy atom. The third-order valence-electron chi connectivity index (χ3n) is 4.05. The van der Waals surface area contributed by atoms with E-state index in [1.807, 2.05) is 25.5 Å². The number of nitrogens with zero attached hydrogens (tertiary/aromatic N) is 3. The zero-order chi connectivity index (χ0) is 14.8. The van der Waals surface area contributed by atoms with Gasteiger partial charge in [0.1, 0.15) is 5.82 Å². The van der Waals surface area contributed by atoms with E-state index in [4.69, 9.17) is 4.98 Å². The first-order valence-electron chi connectivity index (χ1n) is 7.19. The molecule has 0 saturated heterocycles. The fraction of sp³-hybridized carbons (Fsp3) is 0.294. The Balaban J connectivity index is 1.96. The van der Waals surface area contributed by atoms with Crippen molar-refractivity contribution in [3.05, 3.63) is 59.7 Å². The van der Waals surface area contributed by atoms with Gasteiger partial charge in [0, 0.05) is 31.9 Å². The zero-order valence-electron chi connectivity index (χ0n) is 12.7. The normalized spacial score (nSPS) is 12.7. The number of fused-ring (bicyclic) bond motifs is 1. The highest BCUT2D eigenvalue weighted by Crippen LogP contribution is 2.22. The molecule has 0 spiro atoms. The van der Waals surface area contributed by atoms with Crippen molar-refractivity contribution in [2.45, 2.75) is 19.4 Å². The van der Waals surface area contributed by atoms with E-state index in [1.54, 1.807) is 0 Å². The maximum atomic E-state index is 4.76. The van der Waals surface area contributed by atoms with Crippen molar-refractivity contribution >= 4 is 11.0 Å². The summed E-state index contributed by atoms with van der Waals surface area (Å²) in [6, 6.07) is 10.6. The van der Waals surface area contributed by atoms with Gasteiger partial charge < -0.3 is 9.88 Å². The highest BCUT2D eigenvalue weighted by atomic mass is 15.1. The van der Waals surface area contributed by atoms with Gasteiger partial charge in [-0.3, -0.25) is 4.98 Å². The smallest absolute Gasteiger partial charge is 0.111 e. The average molecular weight is 280 g/mol. The van der Waals surface area contributed by atoms with Crippen LogP contribution in [0.1, 0.15) is 23.0 Å². The van der Waals surface area contributed by atoms with Gasteiger partial charge in [0.25, 0.3) is 0 Å². The summed E-state index contributed by atoms with van der Waals surface area (Å²) in [4.78, 5) is 8.93. The molecule has 0 amide bonds. The summed E-state index contributed by atoms with van der Waals surface area (Å²) in [5.74, 6) is 1.09. The topological polar surface area (TPSA) is 42.7 Å². The Bertz CT molecular complexity index is 760. The Morgan fingerprint density at radius 2 is 2.05 bits per heavy atom. The number of hydrogen-bond donors (Lipinski definition) is 1. The minimum atomic E-state index is 0.239. The first-order chi connectivity index (χ1) is 10.2. The minimum Gasteiger partial charge on any atom is -0.331 e. The number of likely N-dealkylation sites (N-methyl/N-ethyl adjacent to an activating group) is 1. The second-order valence-corrected chi connectivity index (χ2v) is 5.35. The zero-order valence-corrected chi connectivity index (χ0v) is 12.7. The molecule has 3 rings (SSSR count). The molecule has 0 fully saturated rings. The number of benzene rings is 1. The molecule has 0 bridgehead atoms. The van der Waals surface area contributed by atoms with Crippen LogP contribution >= 0.6 is 0 Å². The number of para-hydroxylation sites is 2. The predicted octanol–water partition coefficient (Wildman–Crippen LogP) is 2.78. The van der Waals surface area contributed by atoms with Gasteiger partial charge in [0.05, 0.1) is 11.0 Å². The standard InChI is InChI=1S/C17H20N4/c1-12-11-19-9-8-13(12)15(18-2)10-17-20-14-6-4-5-7-16(14)21(17)3/h4-9,11,15,18H,10H2,1-3H3. The highest BCUT2D eigenvalue weighted by Gasteiger charge is 2.16. The van der Waals surface area contributed by atoms with Crippen LogP contribution in [-0.2, 0) is 13.5 Å². The molecule has 3 aromatic rings. The van der Waals surface area contributed by atoms with Crippen molar-refractivity contribution in [2.75, 3.05) is 7.05 Å². The van der Waals surface area contributed by atoms with Crippen molar-refractivity contribution in [1.82, 2.24) is 19.9 Å². The van der Waals surface area contributed by atoms with Crippen LogP contribution in [0, 0.1) is 6.92 Å². The van der Waals surface area contributed by atoms with Crippen LogP contribution in [0.25, 0.3) is 11.0 Å². The molecule has 0 aliphatic heterocycles. The van der Waals surface area contributed by atoms with Crippen LogP contribution in [0.4, 0.5) is 0 Å². The van der Waals surface area contributed by atoms with Gasteiger partial charge in [-0.15, -0.1) is 0 Å². The first kappa shape index (κ1) is 13.8. The van der Waals surface area contributed by atoms with E-state index in [-0.39, 0.29) is 6.04 Å². The number of pyridine rings is 1. The van der Waals surface area contributed by atoms with Crippen molar-refractivity contribution in [1.29, 1.82) is 0 Å². The van der Waals surface area contributed by atoms with Gasteiger partial charge in [0.15, 0.2) is 0 Å². The lowest BCUT2D eigenvalue weighted by atomic mass is 10.0. The average Bonchev–Trinajstić information content (AvgIpc) is 2.82. The minimum absolute atomic E-state index is 0.239. The van der Waals surface area contributed by atoms with Crippen molar-refractivity contribution in [2.24, 2.45) is 7.05 Å². The fourth-order valence-corrected chi connectivity index (χ4v) is 2.80. The van der Waals surface area contributed by atoms with E-state index in [0.29, 0.717) is 0 Å². The molecule has 0 saturated carbocycles. The van der Waals surface area contributed by atoms with Gasteiger partial charge in [-0.1, -0.05) is 12.1 Å². The lowest BCUT2D eigenvalue weighted by molar-refractivity contribution is 0.562. The van der Waals surface area contributed by atoms with E-state index in [2.05, 4.69) is 53.1 Å². The van der Waals surface area contributed by atoms with Crippen LogP contribution in [0.15, 0.2) is 42.7 Å². The van der Waals surface area contributed by atoms with E-state index in [1.165, 1.54) is 16.6 Å². The molecular weight excluding hydrogens is 260 g/mol. The predicted molar refractivity (Wildman–Crippen MR) is 85.2 cm³/mol. The number of aryl methyl sites for hydroxylation is 2. The van der Waals surface area contributed by atoms with Crippen LogP contribution in [-0.4, -0.2) is 21.6 Å². The Morgan fingerprint density at radius 1 is 1.24 bits per heavy atom. The molecular formula is C17H20N4. The summed E-state index contributed by atoms with van der Waals surface area (Å²) in [6.45, 7) is 2.10. The second-order valence-electron chi connectivity index (χ2n) is 5.35. The summed E-state index contributed by atoms with van der Waals surface area (Å²) in [5, 5.41) is 3.40. The second kappa shape index (κ2) is 5.66. The summed E-state index contributed by atoms with van der Waals surface area (Å²) in [5.41, 5.74) is 4.71. The SMILES string of the molecule is CNC(Cc1nc2ccccc2n1C)c1ccncc1C. The molecule has 21 heavy (non-hydrogen) atoms. The van der Waals surface area contributed by atoms with Gasteiger partial charge in [0.2, 0.25) is 0 Å². The molecule has 1 unspecified atom stereocenters. The number of rotatable bonds is 4. The van der Waals surface area contributed by atoms with Crippen molar-refractivity contribution in [3.8, 4) is 0 Å². The Hall–Kier alpha value is -2.20. The monoisotopic (exact) mass is 280 g/mol. The number of hydrogen-bond acceptors (Lipinski definition) is 3. The first-order valence-corrected chi connectivity index (χ1v) is 7.19. The number of aromatic nitrogens is 3. The summed E-state index contributed by atoms with van der Waals surface area (Å²) in [6.07, 6.45) is 4.61. The molecule has 1 N–H and O–H groups in total. The summed E-state index contributed by atoms with van der Waals surface area (Å²) in [7, 11) is 4.07. The molecule has 0 radical (unpaired) electrons. The maximum Gasteiger partial charge on any atom is 0.111 e. The quantitative estimate of drug-likeness (QED) is 0.799. The van der Waals surface area contributed by atoms with Crippen molar-refractivity contribution in [3.63, 3.8) is 0 Å². The lowest BCUT2D eigenvalue weighted by Gasteiger charge is -2.18. The Labute approximate surface area is 124 Å². The third kappa shape index (κ3) is 2.54. The largest absolute Gasteiger partial charge is 0.331 e. The van der Waals surface area contributed by atoms with Crippen LogP contribution in [0.3, 0.4) is 0 Å². The highest BCUT2D eigenvalue weighted by molar-refractivity contribution is 5.75. The van der Waals surface area contributed by atoms with E-state index < -0.39 is 0 Å². The lowest BCUT2D eigenvalue weighted by Crippen LogP contribution is -2.21. The number of imidazole rings is 1. The van der Waals surface area contributed by atoms with Crippen LogP contribution in [0.2, 0.25) is 0 Å². The summed E-state index contributed by atoms with van der Waals surface area (Å²) >= 11 is 0. The van der Waals surface area contributed by atoms with Gasteiger partial charge in [-0.05, 0) is 43.3 Å². The molecule has 1 atom stereocenters. The molecule has 108 valence electrons. The Kier molecular flexibility index (Phi) is 3.71. The molecule has 1 aromatic carbocycles. The van der Waals surface area contributed by atoms with Crippen LogP contribution in [0.5, 0.6) is 0 Å². The maximum absolute atomic E-state index is 4.76. The molecule has 2 heterocycles. The molecule has 4 heteroatoms. The molecule has 4 nitrogen and oxygen atoms in total. The van der Waals surface area contributed by atoms with Gasteiger partial charge in [-0.2, -0.15) is 0 Å². The van der Waals surface area contributed by atoms with Crippen LogP contribution < -0.4 is 5.32 Å². The third-order valence-corrected chi connectivity index (χ3v) is 4.05. The summed E-state index contributed by atoms with van der Waals surface area (Å²) < 4.78 is 2.18. The molecule has 2 aromatic heterocycles.